The van der Waals surface area contributed by atoms with Gasteiger partial charge in [0.15, 0.2) is 0 Å². The minimum absolute atomic E-state index is 0.101. The van der Waals surface area contributed by atoms with Crippen LogP contribution in [0.15, 0.2) is 52.9 Å². The standard InChI is InChI=1S/C17H16N2OS2/c1-11(2)22-14-6-3-12(4-7-14)17(20)19-13-5-8-16-15(9-13)18-10-21-16/h3-11H,1-2H3,(H,19,20). The van der Waals surface area contributed by atoms with Crippen LogP contribution in [0.3, 0.4) is 0 Å². The Hall–Kier alpha value is -1.85. The monoisotopic (exact) mass is 328 g/mol. The van der Waals surface area contributed by atoms with Crippen LogP contribution < -0.4 is 5.32 Å². The lowest BCUT2D eigenvalue weighted by Crippen LogP contribution is -2.11. The fraction of sp³-hybridized carbons (Fsp3) is 0.176. The summed E-state index contributed by atoms with van der Waals surface area (Å²) < 4.78 is 1.12. The van der Waals surface area contributed by atoms with Gasteiger partial charge in [-0.2, -0.15) is 0 Å². The highest BCUT2D eigenvalue weighted by Gasteiger charge is 2.08. The molecule has 0 unspecified atom stereocenters. The number of thioether (sulfide) groups is 1. The zero-order chi connectivity index (χ0) is 15.5. The maximum absolute atomic E-state index is 12.3. The third kappa shape index (κ3) is 3.48. The maximum Gasteiger partial charge on any atom is 0.255 e. The SMILES string of the molecule is CC(C)Sc1ccc(C(=O)Nc2ccc3scnc3c2)cc1. The Morgan fingerprint density at radius 3 is 2.68 bits per heavy atom. The molecule has 0 atom stereocenters. The predicted molar refractivity (Wildman–Crippen MR) is 95.0 cm³/mol. The van der Waals surface area contributed by atoms with Crippen molar-refractivity contribution in [3.63, 3.8) is 0 Å². The molecule has 0 saturated heterocycles. The Balaban J connectivity index is 1.73. The number of carbonyl (C=O) groups excluding carboxylic acids is 1. The number of thiazole rings is 1. The largest absolute Gasteiger partial charge is 0.322 e. The molecule has 0 saturated carbocycles. The summed E-state index contributed by atoms with van der Waals surface area (Å²) in [6, 6.07) is 13.5. The molecule has 3 aromatic rings. The molecule has 3 nitrogen and oxygen atoms in total. The van der Waals surface area contributed by atoms with Crippen molar-refractivity contribution in [1.82, 2.24) is 4.98 Å². The molecular weight excluding hydrogens is 312 g/mol. The molecule has 0 aliphatic rings. The summed E-state index contributed by atoms with van der Waals surface area (Å²) in [7, 11) is 0. The lowest BCUT2D eigenvalue weighted by atomic mass is 10.2. The average Bonchev–Trinajstić information content (AvgIpc) is 2.95. The van der Waals surface area contributed by atoms with Gasteiger partial charge < -0.3 is 5.32 Å². The molecule has 22 heavy (non-hydrogen) atoms. The highest BCUT2D eigenvalue weighted by Crippen LogP contribution is 2.24. The second-order valence-electron chi connectivity index (χ2n) is 5.18. The molecule has 112 valence electrons. The lowest BCUT2D eigenvalue weighted by Gasteiger charge is -2.07. The number of amides is 1. The molecular formula is C17H16N2OS2. The number of hydrogen-bond donors (Lipinski definition) is 1. The number of aromatic nitrogens is 1. The van der Waals surface area contributed by atoms with Crippen molar-refractivity contribution in [3.8, 4) is 0 Å². The zero-order valence-electron chi connectivity index (χ0n) is 12.4. The molecule has 0 aliphatic carbocycles. The van der Waals surface area contributed by atoms with Gasteiger partial charge in [-0.05, 0) is 42.5 Å². The summed E-state index contributed by atoms with van der Waals surface area (Å²) in [4.78, 5) is 17.7. The van der Waals surface area contributed by atoms with Crippen molar-refractivity contribution in [1.29, 1.82) is 0 Å². The molecule has 3 rings (SSSR count). The van der Waals surface area contributed by atoms with Crippen LogP contribution in [-0.2, 0) is 0 Å². The maximum atomic E-state index is 12.3. The van der Waals surface area contributed by atoms with Crippen molar-refractivity contribution in [3.05, 3.63) is 53.5 Å². The molecule has 1 heterocycles. The van der Waals surface area contributed by atoms with E-state index in [4.69, 9.17) is 0 Å². The van der Waals surface area contributed by atoms with Crippen molar-refractivity contribution in [2.75, 3.05) is 5.32 Å². The van der Waals surface area contributed by atoms with Gasteiger partial charge in [0.05, 0.1) is 15.7 Å². The molecule has 1 N–H and O–H groups in total. The second-order valence-corrected chi connectivity index (χ2v) is 7.72. The molecule has 0 bridgehead atoms. The van der Waals surface area contributed by atoms with Crippen LogP contribution in [0.1, 0.15) is 24.2 Å². The van der Waals surface area contributed by atoms with Crippen LogP contribution in [0.2, 0.25) is 0 Å². The summed E-state index contributed by atoms with van der Waals surface area (Å²) >= 11 is 3.38. The van der Waals surface area contributed by atoms with Crippen molar-refractivity contribution in [2.24, 2.45) is 0 Å². The minimum atomic E-state index is -0.101. The van der Waals surface area contributed by atoms with Crippen LogP contribution in [0, 0.1) is 0 Å². The lowest BCUT2D eigenvalue weighted by molar-refractivity contribution is 0.102. The first kappa shape index (κ1) is 15.1. The number of anilines is 1. The molecule has 0 spiro atoms. The Labute approximate surface area is 137 Å². The summed E-state index contributed by atoms with van der Waals surface area (Å²) in [6.07, 6.45) is 0. The summed E-state index contributed by atoms with van der Waals surface area (Å²) in [5.41, 5.74) is 4.14. The molecule has 0 radical (unpaired) electrons. The second kappa shape index (κ2) is 6.50. The van der Waals surface area contributed by atoms with E-state index in [-0.39, 0.29) is 5.91 Å². The molecule has 0 fully saturated rings. The van der Waals surface area contributed by atoms with Crippen LogP contribution in [-0.4, -0.2) is 16.1 Å². The Morgan fingerprint density at radius 2 is 1.95 bits per heavy atom. The van der Waals surface area contributed by atoms with Gasteiger partial charge in [0.25, 0.3) is 5.91 Å². The van der Waals surface area contributed by atoms with E-state index in [1.165, 1.54) is 4.90 Å². The molecule has 0 aliphatic heterocycles. The molecule has 2 aromatic carbocycles. The number of benzene rings is 2. The number of carbonyl (C=O) groups is 1. The van der Waals surface area contributed by atoms with E-state index < -0.39 is 0 Å². The first-order valence-electron chi connectivity index (χ1n) is 7.03. The van der Waals surface area contributed by atoms with Gasteiger partial charge in [0, 0.05) is 21.4 Å². The van der Waals surface area contributed by atoms with E-state index in [1.54, 1.807) is 28.6 Å². The number of nitrogens with zero attached hydrogens (tertiary/aromatic N) is 1. The first-order chi connectivity index (χ1) is 10.6. The van der Waals surface area contributed by atoms with Gasteiger partial charge >= 0.3 is 0 Å². The highest BCUT2D eigenvalue weighted by molar-refractivity contribution is 7.99. The zero-order valence-corrected chi connectivity index (χ0v) is 14.0. The molecule has 5 heteroatoms. The average molecular weight is 328 g/mol. The highest BCUT2D eigenvalue weighted by atomic mass is 32.2. The van der Waals surface area contributed by atoms with Crippen molar-refractivity contribution in [2.45, 2.75) is 24.0 Å². The van der Waals surface area contributed by atoms with Crippen LogP contribution >= 0.6 is 23.1 Å². The van der Waals surface area contributed by atoms with Gasteiger partial charge in [0.1, 0.15) is 0 Å². The minimum Gasteiger partial charge on any atom is -0.322 e. The fourth-order valence-corrected chi connectivity index (χ4v) is 3.59. The topological polar surface area (TPSA) is 42.0 Å². The first-order valence-corrected chi connectivity index (χ1v) is 8.79. The van der Waals surface area contributed by atoms with Crippen LogP contribution in [0.4, 0.5) is 5.69 Å². The Kier molecular flexibility index (Phi) is 4.45. The Morgan fingerprint density at radius 1 is 1.18 bits per heavy atom. The van der Waals surface area contributed by atoms with E-state index in [0.717, 1.165) is 15.9 Å². The molecule has 1 aromatic heterocycles. The summed E-state index contributed by atoms with van der Waals surface area (Å²) in [5.74, 6) is -0.101. The van der Waals surface area contributed by atoms with Gasteiger partial charge in [0.2, 0.25) is 0 Å². The van der Waals surface area contributed by atoms with Crippen LogP contribution in [0.25, 0.3) is 10.2 Å². The normalized spacial score (nSPS) is 11.0. The summed E-state index contributed by atoms with van der Waals surface area (Å²) in [6.45, 7) is 4.31. The van der Waals surface area contributed by atoms with Gasteiger partial charge in [-0.1, -0.05) is 13.8 Å². The van der Waals surface area contributed by atoms with Gasteiger partial charge in [-0.3, -0.25) is 4.79 Å². The number of fused-ring (bicyclic) bond motifs is 1. The van der Waals surface area contributed by atoms with Crippen molar-refractivity contribution >= 4 is 44.9 Å². The smallest absolute Gasteiger partial charge is 0.255 e. The quantitative estimate of drug-likeness (QED) is 0.682. The predicted octanol–water partition coefficient (Wildman–Crippen LogP) is 5.05. The Bertz CT molecular complexity index is 794. The third-order valence-corrected chi connectivity index (χ3v) is 4.90. The van der Waals surface area contributed by atoms with E-state index in [0.29, 0.717) is 10.8 Å². The fourth-order valence-electron chi connectivity index (χ4n) is 2.10. The van der Waals surface area contributed by atoms with Gasteiger partial charge in [-0.15, -0.1) is 23.1 Å². The van der Waals surface area contributed by atoms with Crippen molar-refractivity contribution < 1.29 is 4.79 Å². The summed E-state index contributed by atoms with van der Waals surface area (Å²) in [5, 5.41) is 3.45. The van der Waals surface area contributed by atoms with E-state index in [2.05, 4.69) is 24.1 Å². The number of hydrogen-bond acceptors (Lipinski definition) is 4. The van der Waals surface area contributed by atoms with Gasteiger partial charge in [-0.25, -0.2) is 4.98 Å². The molecule has 1 amide bonds. The third-order valence-electron chi connectivity index (χ3n) is 3.08. The number of rotatable bonds is 4. The van der Waals surface area contributed by atoms with E-state index >= 15 is 0 Å². The number of nitrogens with one attached hydrogen (secondary N) is 1. The van der Waals surface area contributed by atoms with E-state index in [9.17, 15) is 4.79 Å². The van der Waals surface area contributed by atoms with E-state index in [1.807, 2.05) is 42.5 Å². The van der Waals surface area contributed by atoms with Crippen LogP contribution in [0.5, 0.6) is 0 Å².